The van der Waals surface area contributed by atoms with Gasteiger partial charge in [0.15, 0.2) is 5.78 Å². The minimum Gasteiger partial charge on any atom is -0.465 e. The van der Waals surface area contributed by atoms with E-state index in [0.29, 0.717) is 6.42 Å². The number of hydrogen-bond donors (Lipinski definition) is 1. The monoisotopic (exact) mass is 447 g/mol. The fourth-order valence-electron chi connectivity index (χ4n) is 4.75. The number of anilines is 2. The average molecular weight is 448 g/mol. The molecule has 2 aromatic rings. The van der Waals surface area contributed by atoms with E-state index in [0.717, 1.165) is 49.7 Å². The van der Waals surface area contributed by atoms with Crippen LogP contribution in [0.4, 0.5) is 11.4 Å². The maximum atomic E-state index is 13.0. The van der Waals surface area contributed by atoms with Crippen LogP contribution in [0.3, 0.4) is 0 Å². The number of nitrogens with one attached hydrogen (secondary N) is 1. The summed E-state index contributed by atoms with van der Waals surface area (Å²) in [5.74, 6) is -1.71. The third-order valence-electron chi connectivity index (χ3n) is 6.59. The highest BCUT2D eigenvalue weighted by molar-refractivity contribution is 6.07. The Kier molecular flexibility index (Phi) is 7.45. The summed E-state index contributed by atoms with van der Waals surface area (Å²) >= 11 is 0. The highest BCUT2D eigenvalue weighted by Crippen LogP contribution is 2.37. The van der Waals surface area contributed by atoms with Gasteiger partial charge in [0.1, 0.15) is 5.92 Å². The van der Waals surface area contributed by atoms with E-state index in [1.54, 1.807) is 13.0 Å². The van der Waals surface area contributed by atoms with Crippen molar-refractivity contribution < 1.29 is 14.3 Å². The lowest BCUT2D eigenvalue weighted by atomic mass is 9.76. The first kappa shape index (κ1) is 23.1. The average Bonchev–Trinajstić information content (AvgIpc) is 2.85. The van der Waals surface area contributed by atoms with Crippen molar-refractivity contribution in [3.05, 3.63) is 71.9 Å². The van der Waals surface area contributed by atoms with Gasteiger partial charge in [0.2, 0.25) is 0 Å². The van der Waals surface area contributed by atoms with Gasteiger partial charge in [-0.05, 0) is 49.7 Å². The first-order chi connectivity index (χ1) is 16.1. The smallest absolute Gasteiger partial charge is 0.317 e. The van der Waals surface area contributed by atoms with E-state index >= 15 is 0 Å². The lowest BCUT2D eigenvalue weighted by Crippen LogP contribution is -2.46. The summed E-state index contributed by atoms with van der Waals surface area (Å²) in [6.07, 6.45) is 2.14. The number of carbonyl (C=O) groups is 2. The lowest BCUT2D eigenvalue weighted by molar-refractivity contribution is -0.151. The molecule has 4 rings (SSSR count). The van der Waals surface area contributed by atoms with E-state index in [-0.39, 0.29) is 18.3 Å². The van der Waals surface area contributed by atoms with Gasteiger partial charge in [0.05, 0.1) is 6.61 Å². The molecule has 2 aliphatic rings. The summed E-state index contributed by atoms with van der Waals surface area (Å²) < 4.78 is 5.22. The molecule has 2 unspecified atom stereocenters. The van der Waals surface area contributed by atoms with E-state index in [1.807, 2.05) is 30.3 Å². The molecule has 1 aliphatic carbocycles. The molecule has 2 atom stereocenters. The van der Waals surface area contributed by atoms with Crippen LogP contribution < -0.4 is 10.2 Å². The highest BCUT2D eigenvalue weighted by Gasteiger charge is 2.39. The second kappa shape index (κ2) is 10.7. The van der Waals surface area contributed by atoms with Crippen LogP contribution in [0.15, 0.2) is 66.4 Å². The van der Waals surface area contributed by atoms with Crippen LogP contribution in [0.25, 0.3) is 0 Å². The number of likely N-dealkylation sites (N-methyl/N-ethyl adjacent to an activating group) is 1. The molecular formula is C27H33N3O3. The molecule has 0 amide bonds. The van der Waals surface area contributed by atoms with E-state index in [4.69, 9.17) is 4.74 Å². The number of esters is 1. The summed E-state index contributed by atoms with van der Waals surface area (Å²) in [5, 5.41) is 3.41. The van der Waals surface area contributed by atoms with Crippen molar-refractivity contribution in [2.75, 3.05) is 49.5 Å². The fraction of sp³-hybridized carbons (Fsp3) is 0.407. The largest absolute Gasteiger partial charge is 0.465 e. The van der Waals surface area contributed by atoms with Crippen LogP contribution in [0.2, 0.25) is 0 Å². The van der Waals surface area contributed by atoms with Gasteiger partial charge < -0.3 is 19.9 Å². The predicted octanol–water partition coefficient (Wildman–Crippen LogP) is 4.06. The van der Waals surface area contributed by atoms with Crippen LogP contribution in [0.5, 0.6) is 0 Å². The van der Waals surface area contributed by atoms with Gasteiger partial charge in [-0.25, -0.2) is 0 Å². The van der Waals surface area contributed by atoms with Crippen LogP contribution in [0.1, 0.15) is 31.7 Å². The fourth-order valence-corrected chi connectivity index (χ4v) is 4.75. The second-order valence-electron chi connectivity index (χ2n) is 8.62. The Bertz CT molecular complexity index is 979. The molecule has 1 aliphatic heterocycles. The Morgan fingerprint density at radius 3 is 2.33 bits per heavy atom. The molecule has 0 radical (unpaired) electrons. The molecule has 6 heteroatoms. The highest BCUT2D eigenvalue weighted by atomic mass is 16.5. The quantitative estimate of drug-likeness (QED) is 0.510. The molecule has 2 aromatic carbocycles. The number of allylic oxidation sites excluding steroid dienone is 2. The molecule has 1 fully saturated rings. The summed E-state index contributed by atoms with van der Waals surface area (Å²) in [5.41, 5.74) is 3.94. The molecule has 1 heterocycles. The molecule has 33 heavy (non-hydrogen) atoms. The number of ether oxygens (including phenoxy) is 1. The lowest BCUT2D eigenvalue weighted by Gasteiger charge is -2.35. The van der Waals surface area contributed by atoms with Crippen molar-refractivity contribution >= 4 is 23.1 Å². The van der Waals surface area contributed by atoms with Crippen molar-refractivity contribution in [3.63, 3.8) is 0 Å². The van der Waals surface area contributed by atoms with Crippen LogP contribution >= 0.6 is 0 Å². The Balaban J connectivity index is 1.48. The zero-order chi connectivity index (χ0) is 23.2. The minimum absolute atomic E-state index is 0.207. The number of piperazine rings is 1. The molecule has 174 valence electrons. The first-order valence-electron chi connectivity index (χ1n) is 11.9. The van der Waals surface area contributed by atoms with Crippen LogP contribution in [0, 0.1) is 5.92 Å². The maximum absolute atomic E-state index is 13.0. The Morgan fingerprint density at radius 1 is 1.00 bits per heavy atom. The molecule has 0 spiro atoms. The van der Waals surface area contributed by atoms with Gasteiger partial charge in [0, 0.05) is 55.2 Å². The molecule has 0 bridgehead atoms. The number of rotatable bonds is 7. The van der Waals surface area contributed by atoms with Crippen molar-refractivity contribution in [2.24, 2.45) is 5.92 Å². The van der Waals surface area contributed by atoms with Gasteiger partial charge in [0.25, 0.3) is 0 Å². The van der Waals surface area contributed by atoms with Crippen molar-refractivity contribution in [2.45, 2.75) is 26.2 Å². The molecule has 0 saturated carbocycles. The van der Waals surface area contributed by atoms with Crippen molar-refractivity contribution in [1.29, 1.82) is 0 Å². The zero-order valence-corrected chi connectivity index (χ0v) is 19.5. The Hall–Kier alpha value is -3.12. The predicted molar refractivity (Wildman–Crippen MR) is 131 cm³/mol. The number of ketones is 1. The number of hydrogen-bond acceptors (Lipinski definition) is 6. The Labute approximate surface area is 196 Å². The van der Waals surface area contributed by atoms with Crippen molar-refractivity contribution in [3.8, 4) is 0 Å². The second-order valence-corrected chi connectivity index (χ2v) is 8.62. The molecule has 0 aromatic heterocycles. The number of nitrogens with zero attached hydrogens (tertiary/aromatic N) is 2. The van der Waals surface area contributed by atoms with Gasteiger partial charge in [-0.15, -0.1) is 0 Å². The van der Waals surface area contributed by atoms with Gasteiger partial charge in [-0.2, -0.15) is 0 Å². The van der Waals surface area contributed by atoms with Gasteiger partial charge in [-0.3, -0.25) is 9.59 Å². The minimum atomic E-state index is -0.804. The normalized spacial score (nSPS) is 21.5. The van der Waals surface area contributed by atoms with E-state index in [9.17, 15) is 9.59 Å². The van der Waals surface area contributed by atoms with E-state index in [2.05, 4.69) is 46.3 Å². The van der Waals surface area contributed by atoms with Gasteiger partial charge in [-0.1, -0.05) is 37.3 Å². The van der Waals surface area contributed by atoms with E-state index in [1.165, 1.54) is 5.69 Å². The van der Waals surface area contributed by atoms with Gasteiger partial charge >= 0.3 is 5.97 Å². The summed E-state index contributed by atoms with van der Waals surface area (Å²) in [7, 11) is 0. The number of carbonyl (C=O) groups excluding carboxylic acids is 2. The third kappa shape index (κ3) is 5.45. The standard InChI is InChI=1S/C27H33N3O3/c1-3-29-14-16-30(17-15-29)23-12-10-21(11-13-23)28-22-18-24(20-8-6-5-7-9-20)26(25(31)19-22)27(32)33-4-2/h5-13,19,24,26,28H,3-4,14-18H2,1-2H3. The number of benzene rings is 2. The van der Waals surface area contributed by atoms with E-state index < -0.39 is 11.9 Å². The molecule has 1 N–H and O–H groups in total. The van der Waals surface area contributed by atoms with Crippen molar-refractivity contribution in [1.82, 2.24) is 4.90 Å². The van der Waals surface area contributed by atoms with Crippen LogP contribution in [-0.4, -0.2) is 56.0 Å². The third-order valence-corrected chi connectivity index (χ3v) is 6.59. The maximum Gasteiger partial charge on any atom is 0.317 e. The molecule has 6 nitrogen and oxygen atoms in total. The topological polar surface area (TPSA) is 61.9 Å². The summed E-state index contributed by atoms with van der Waals surface area (Å²) in [6, 6.07) is 18.1. The zero-order valence-electron chi connectivity index (χ0n) is 19.5. The Morgan fingerprint density at radius 2 is 1.70 bits per heavy atom. The summed E-state index contributed by atoms with van der Waals surface area (Å²) in [4.78, 5) is 30.4. The molecular weight excluding hydrogens is 414 g/mol. The summed E-state index contributed by atoms with van der Waals surface area (Å²) in [6.45, 7) is 9.59. The molecule has 1 saturated heterocycles. The van der Waals surface area contributed by atoms with Crippen LogP contribution in [-0.2, 0) is 14.3 Å². The SMILES string of the molecule is CCOC(=O)C1C(=O)C=C(Nc2ccc(N3CCN(CC)CC3)cc2)CC1c1ccccc1. The first-order valence-corrected chi connectivity index (χ1v) is 11.9.